The summed E-state index contributed by atoms with van der Waals surface area (Å²) in [6, 6.07) is 3.31. The Kier molecular flexibility index (Phi) is 5.31. The third kappa shape index (κ3) is 3.91. The molecule has 1 amide bonds. The highest BCUT2D eigenvalue weighted by atomic mass is 16.5. The zero-order valence-electron chi connectivity index (χ0n) is 11.8. The SMILES string of the molecule is CCCC(N)C(=O)Nc1ccc(N2CCOCC2)nc1. The minimum absolute atomic E-state index is 0.159. The van der Waals surface area contributed by atoms with Gasteiger partial charge in [-0.1, -0.05) is 13.3 Å². The molecule has 3 N–H and O–H groups in total. The van der Waals surface area contributed by atoms with Crippen molar-refractivity contribution in [2.45, 2.75) is 25.8 Å². The normalized spacial score (nSPS) is 16.8. The van der Waals surface area contributed by atoms with Crippen molar-refractivity contribution in [1.29, 1.82) is 0 Å². The van der Waals surface area contributed by atoms with E-state index >= 15 is 0 Å². The van der Waals surface area contributed by atoms with Gasteiger partial charge in [0.2, 0.25) is 5.91 Å². The number of nitrogens with one attached hydrogen (secondary N) is 1. The number of hydrogen-bond donors (Lipinski definition) is 2. The fourth-order valence-electron chi connectivity index (χ4n) is 2.12. The van der Waals surface area contributed by atoms with Crippen molar-refractivity contribution in [3.05, 3.63) is 18.3 Å². The van der Waals surface area contributed by atoms with Crippen LogP contribution in [-0.2, 0) is 9.53 Å². The van der Waals surface area contributed by atoms with E-state index in [0.29, 0.717) is 12.1 Å². The molecule has 0 aliphatic carbocycles. The van der Waals surface area contributed by atoms with Crippen molar-refractivity contribution in [1.82, 2.24) is 4.98 Å². The number of nitrogens with two attached hydrogens (primary N) is 1. The maximum absolute atomic E-state index is 11.8. The number of rotatable bonds is 5. The highest BCUT2D eigenvalue weighted by molar-refractivity contribution is 5.94. The van der Waals surface area contributed by atoms with Crippen molar-refractivity contribution in [3.63, 3.8) is 0 Å². The third-order valence-electron chi connectivity index (χ3n) is 3.29. The van der Waals surface area contributed by atoms with Crippen molar-refractivity contribution in [2.75, 3.05) is 36.5 Å². The van der Waals surface area contributed by atoms with E-state index in [9.17, 15) is 4.79 Å². The molecule has 0 bridgehead atoms. The van der Waals surface area contributed by atoms with Crippen LogP contribution in [0.3, 0.4) is 0 Å². The number of morpholine rings is 1. The molecule has 1 unspecified atom stereocenters. The lowest BCUT2D eigenvalue weighted by atomic mass is 10.1. The second-order valence-corrected chi connectivity index (χ2v) is 4.89. The Hall–Kier alpha value is -1.66. The van der Waals surface area contributed by atoms with Crippen LogP contribution in [0.25, 0.3) is 0 Å². The minimum atomic E-state index is -0.459. The predicted octanol–water partition coefficient (Wildman–Crippen LogP) is 0.984. The van der Waals surface area contributed by atoms with Gasteiger partial charge in [0.1, 0.15) is 5.82 Å². The molecule has 1 atom stereocenters. The molecule has 110 valence electrons. The third-order valence-corrected chi connectivity index (χ3v) is 3.29. The number of hydrogen-bond acceptors (Lipinski definition) is 5. The van der Waals surface area contributed by atoms with Gasteiger partial charge in [-0.25, -0.2) is 4.98 Å². The molecule has 1 aliphatic heterocycles. The van der Waals surface area contributed by atoms with E-state index in [0.717, 1.165) is 38.5 Å². The fraction of sp³-hybridized carbons (Fsp3) is 0.571. The van der Waals surface area contributed by atoms with Gasteiger partial charge in [0.25, 0.3) is 0 Å². The number of nitrogens with zero attached hydrogens (tertiary/aromatic N) is 2. The lowest BCUT2D eigenvalue weighted by Crippen LogP contribution is -2.37. The first-order chi connectivity index (χ1) is 9.70. The minimum Gasteiger partial charge on any atom is -0.378 e. The smallest absolute Gasteiger partial charge is 0.241 e. The van der Waals surface area contributed by atoms with Gasteiger partial charge in [-0.05, 0) is 18.6 Å². The Morgan fingerprint density at radius 1 is 1.50 bits per heavy atom. The number of carbonyl (C=O) groups excluding carboxylic acids is 1. The van der Waals surface area contributed by atoms with Crippen LogP contribution in [0.4, 0.5) is 11.5 Å². The lowest BCUT2D eigenvalue weighted by Gasteiger charge is -2.27. The fourth-order valence-corrected chi connectivity index (χ4v) is 2.12. The number of ether oxygens (including phenoxy) is 1. The summed E-state index contributed by atoms with van der Waals surface area (Å²) in [7, 11) is 0. The molecule has 0 radical (unpaired) electrons. The number of pyridine rings is 1. The Morgan fingerprint density at radius 3 is 2.85 bits per heavy atom. The van der Waals surface area contributed by atoms with Gasteiger partial charge in [0, 0.05) is 13.1 Å². The molecule has 6 nitrogen and oxygen atoms in total. The molecule has 0 aromatic carbocycles. The van der Waals surface area contributed by atoms with E-state index in [4.69, 9.17) is 10.5 Å². The van der Waals surface area contributed by atoms with E-state index < -0.39 is 6.04 Å². The molecule has 2 rings (SSSR count). The summed E-state index contributed by atoms with van der Waals surface area (Å²) < 4.78 is 5.31. The molecule has 1 fully saturated rings. The zero-order chi connectivity index (χ0) is 14.4. The van der Waals surface area contributed by atoms with Gasteiger partial charge in [-0.2, -0.15) is 0 Å². The summed E-state index contributed by atoms with van der Waals surface area (Å²) in [4.78, 5) is 18.3. The number of aromatic nitrogens is 1. The standard InChI is InChI=1S/C14H22N4O2/c1-2-3-12(15)14(19)17-11-4-5-13(16-10-11)18-6-8-20-9-7-18/h4-5,10,12H,2-3,6-9,15H2,1H3,(H,17,19). The summed E-state index contributed by atoms with van der Waals surface area (Å²) in [5.41, 5.74) is 6.45. The predicted molar refractivity (Wildman–Crippen MR) is 78.8 cm³/mol. The topological polar surface area (TPSA) is 80.5 Å². The Balaban J connectivity index is 1.92. The Bertz CT molecular complexity index is 429. The van der Waals surface area contributed by atoms with Crippen LogP contribution in [0, 0.1) is 0 Å². The monoisotopic (exact) mass is 278 g/mol. The summed E-state index contributed by atoms with van der Waals surface area (Å²) in [5, 5.41) is 2.79. The Labute approximate surface area is 119 Å². The Morgan fingerprint density at radius 2 is 2.25 bits per heavy atom. The molecule has 6 heteroatoms. The first-order valence-corrected chi connectivity index (χ1v) is 7.06. The molecule has 20 heavy (non-hydrogen) atoms. The van der Waals surface area contributed by atoms with Crippen LogP contribution in [-0.4, -0.2) is 43.2 Å². The van der Waals surface area contributed by atoms with Crippen molar-refractivity contribution < 1.29 is 9.53 Å². The van der Waals surface area contributed by atoms with Gasteiger partial charge < -0.3 is 20.7 Å². The van der Waals surface area contributed by atoms with Crippen LogP contribution in [0.2, 0.25) is 0 Å². The molecule has 0 saturated carbocycles. The van der Waals surface area contributed by atoms with E-state index in [1.807, 2.05) is 19.1 Å². The van der Waals surface area contributed by atoms with E-state index in [-0.39, 0.29) is 5.91 Å². The van der Waals surface area contributed by atoms with Crippen LogP contribution in [0.1, 0.15) is 19.8 Å². The van der Waals surface area contributed by atoms with Crippen molar-refractivity contribution in [3.8, 4) is 0 Å². The largest absolute Gasteiger partial charge is 0.378 e. The van der Waals surface area contributed by atoms with Crippen molar-refractivity contribution >= 4 is 17.4 Å². The zero-order valence-corrected chi connectivity index (χ0v) is 11.8. The summed E-state index contributed by atoms with van der Waals surface area (Å²) in [6.45, 7) is 5.16. The van der Waals surface area contributed by atoms with Crippen molar-refractivity contribution in [2.24, 2.45) is 5.73 Å². The van der Waals surface area contributed by atoms with Crippen LogP contribution >= 0.6 is 0 Å². The lowest BCUT2D eigenvalue weighted by molar-refractivity contribution is -0.117. The van der Waals surface area contributed by atoms with Gasteiger partial charge in [-0.3, -0.25) is 4.79 Å². The molecule has 1 aromatic heterocycles. The summed E-state index contributed by atoms with van der Waals surface area (Å²) in [5.74, 6) is 0.747. The maximum Gasteiger partial charge on any atom is 0.241 e. The summed E-state index contributed by atoms with van der Waals surface area (Å²) >= 11 is 0. The molecule has 1 saturated heterocycles. The van der Waals surface area contributed by atoms with Gasteiger partial charge in [-0.15, -0.1) is 0 Å². The molecule has 2 heterocycles. The second kappa shape index (κ2) is 7.21. The highest BCUT2D eigenvalue weighted by Gasteiger charge is 2.14. The highest BCUT2D eigenvalue weighted by Crippen LogP contribution is 2.15. The maximum atomic E-state index is 11.8. The molecular formula is C14H22N4O2. The number of anilines is 2. The van der Waals surface area contributed by atoms with Crippen LogP contribution in [0.5, 0.6) is 0 Å². The first kappa shape index (κ1) is 14.7. The molecule has 0 spiro atoms. The van der Waals surface area contributed by atoms with E-state index in [2.05, 4.69) is 15.2 Å². The summed E-state index contributed by atoms with van der Waals surface area (Å²) in [6.07, 6.45) is 3.25. The van der Waals surface area contributed by atoms with Crippen LogP contribution in [0.15, 0.2) is 18.3 Å². The number of amides is 1. The molecular weight excluding hydrogens is 256 g/mol. The average Bonchev–Trinajstić information content (AvgIpc) is 2.49. The average molecular weight is 278 g/mol. The first-order valence-electron chi connectivity index (χ1n) is 7.06. The second-order valence-electron chi connectivity index (χ2n) is 4.89. The molecule has 1 aromatic rings. The van der Waals surface area contributed by atoms with E-state index in [1.165, 1.54) is 0 Å². The quantitative estimate of drug-likeness (QED) is 0.839. The van der Waals surface area contributed by atoms with Crippen LogP contribution < -0.4 is 16.0 Å². The molecule has 1 aliphatic rings. The van der Waals surface area contributed by atoms with Gasteiger partial charge in [0.15, 0.2) is 0 Å². The van der Waals surface area contributed by atoms with Gasteiger partial charge >= 0.3 is 0 Å². The van der Waals surface area contributed by atoms with E-state index in [1.54, 1.807) is 6.20 Å². The van der Waals surface area contributed by atoms with Gasteiger partial charge in [0.05, 0.1) is 31.1 Å². The number of carbonyl (C=O) groups is 1.